The summed E-state index contributed by atoms with van der Waals surface area (Å²) in [5.41, 5.74) is -1.87. The zero-order chi connectivity index (χ0) is 19.5. The zero-order valence-electron chi connectivity index (χ0n) is 15.3. The molecule has 0 aliphatic rings. The van der Waals surface area contributed by atoms with Crippen molar-refractivity contribution in [2.45, 2.75) is 71.8 Å². The second kappa shape index (κ2) is 7.66. The van der Waals surface area contributed by atoms with Gasteiger partial charge in [0.05, 0.1) is 12.4 Å². The lowest BCUT2D eigenvalue weighted by Gasteiger charge is -2.31. The zero-order valence-corrected chi connectivity index (χ0v) is 16.1. The molecule has 10 heteroatoms. The van der Waals surface area contributed by atoms with E-state index >= 15 is 0 Å². The molecule has 0 bridgehead atoms. The first-order valence-electron chi connectivity index (χ1n) is 7.25. The van der Waals surface area contributed by atoms with Crippen LogP contribution in [0.15, 0.2) is 0 Å². The van der Waals surface area contributed by atoms with Crippen LogP contribution in [0, 0.1) is 0 Å². The maximum Gasteiger partial charge on any atom is 0.529 e. The molecule has 24 heavy (non-hydrogen) atoms. The van der Waals surface area contributed by atoms with Crippen LogP contribution in [0.3, 0.4) is 0 Å². The molecule has 142 valence electrons. The van der Waals surface area contributed by atoms with E-state index < -0.39 is 45.5 Å². The van der Waals surface area contributed by atoms with Gasteiger partial charge in [0.25, 0.3) is 0 Å². The molecular formula is C14H27NO8S. The van der Waals surface area contributed by atoms with Crippen LogP contribution in [0.4, 0.5) is 4.79 Å². The van der Waals surface area contributed by atoms with Crippen LogP contribution in [0.25, 0.3) is 0 Å². The molecule has 0 radical (unpaired) electrons. The molecule has 2 atom stereocenters. The molecular weight excluding hydrogens is 342 g/mol. The lowest BCUT2D eigenvalue weighted by atomic mass is 10.1. The van der Waals surface area contributed by atoms with E-state index in [0.29, 0.717) is 0 Å². The number of carbonyl (C=O) groups is 2. The van der Waals surface area contributed by atoms with Gasteiger partial charge in [0.1, 0.15) is 11.2 Å². The molecule has 9 nitrogen and oxygen atoms in total. The average molecular weight is 369 g/mol. The number of ether oxygens (including phenoxy) is 2. The van der Waals surface area contributed by atoms with Gasteiger partial charge < -0.3 is 19.4 Å². The number of carbonyl (C=O) groups excluding carboxylic acids is 2. The summed E-state index contributed by atoms with van der Waals surface area (Å²) in [4.78, 5) is 28.7. The molecule has 0 aromatic carbocycles. The number of hydrogen-bond donors (Lipinski definition) is 1. The molecule has 0 saturated heterocycles. The minimum atomic E-state index is -4.21. The highest BCUT2D eigenvalue weighted by atomic mass is 32.2. The normalized spacial score (nSPS) is 15.6. The van der Waals surface area contributed by atoms with Crippen LogP contribution in [-0.4, -0.2) is 59.7 Å². The fourth-order valence-corrected chi connectivity index (χ4v) is 2.37. The van der Waals surface area contributed by atoms with Gasteiger partial charge >= 0.3 is 12.1 Å². The third-order valence-corrected chi connectivity index (χ3v) is 3.17. The fraction of sp³-hybridized carbons (Fsp3) is 0.857. The quantitative estimate of drug-likeness (QED) is 0.567. The molecule has 0 aromatic heterocycles. The summed E-state index contributed by atoms with van der Waals surface area (Å²) >= 11 is 0. The summed E-state index contributed by atoms with van der Waals surface area (Å²) in [7, 11) is -4.21. The Morgan fingerprint density at radius 3 is 1.71 bits per heavy atom. The highest BCUT2D eigenvalue weighted by molar-refractivity contribution is 7.88. The molecule has 1 N–H and O–H groups in total. The molecule has 0 spiro atoms. The number of hydrogen-bond acceptors (Lipinski definition) is 8. The van der Waals surface area contributed by atoms with Gasteiger partial charge in [-0.3, -0.25) is 4.79 Å². The molecule has 0 aliphatic heterocycles. The van der Waals surface area contributed by atoms with Crippen LogP contribution < -0.4 is 0 Å². The number of sulfonamides is 1. The Hall–Kier alpha value is -1.39. The first-order valence-corrected chi connectivity index (χ1v) is 9.10. The summed E-state index contributed by atoms with van der Waals surface area (Å²) in [5, 5.41) is 9.82. The first-order chi connectivity index (χ1) is 10.4. The van der Waals surface area contributed by atoms with Crippen molar-refractivity contribution in [3.05, 3.63) is 0 Å². The highest BCUT2D eigenvalue weighted by Gasteiger charge is 2.42. The standard InChI is InChI=1S/C14H27NO8S/c1-9(16)10(11(17)21-13(2,3)4)15(24(8,19)20)23-12(18)22-14(5,6)7/h9-10,16H,1-8H3/t9-,10+/m1/s1. The number of hydroxylamine groups is 1. The maximum absolute atomic E-state index is 12.2. The van der Waals surface area contributed by atoms with Crippen LogP contribution in [0.5, 0.6) is 0 Å². The summed E-state index contributed by atoms with van der Waals surface area (Å²) in [6.07, 6.45) is -2.11. The van der Waals surface area contributed by atoms with Crippen molar-refractivity contribution in [3.63, 3.8) is 0 Å². The van der Waals surface area contributed by atoms with E-state index in [1.165, 1.54) is 6.92 Å². The van der Waals surface area contributed by atoms with E-state index in [1.54, 1.807) is 41.5 Å². The van der Waals surface area contributed by atoms with E-state index in [1.807, 2.05) is 0 Å². The smallest absolute Gasteiger partial charge is 0.459 e. The maximum atomic E-state index is 12.2. The Labute approximate surface area is 142 Å². The van der Waals surface area contributed by atoms with Gasteiger partial charge in [-0.05, 0) is 52.9 Å². The largest absolute Gasteiger partial charge is 0.529 e. The van der Waals surface area contributed by atoms with Gasteiger partial charge in [0, 0.05) is 0 Å². The van der Waals surface area contributed by atoms with Gasteiger partial charge in [-0.1, -0.05) is 0 Å². The second-order valence-corrected chi connectivity index (χ2v) is 9.12. The lowest BCUT2D eigenvalue weighted by molar-refractivity contribution is -0.180. The van der Waals surface area contributed by atoms with Crippen LogP contribution in [0.1, 0.15) is 48.5 Å². The van der Waals surface area contributed by atoms with Crippen molar-refractivity contribution in [3.8, 4) is 0 Å². The molecule has 0 aliphatic carbocycles. The van der Waals surface area contributed by atoms with Crippen molar-refractivity contribution in [1.82, 2.24) is 4.47 Å². The second-order valence-electron chi connectivity index (χ2n) is 7.29. The SMILES string of the molecule is C[C@@H](O)[C@@H](C(=O)OC(C)(C)C)N(OC(=O)OC(C)(C)C)S(C)(=O)=O. The van der Waals surface area contributed by atoms with Crippen LogP contribution in [-0.2, 0) is 29.1 Å². The predicted molar refractivity (Wildman–Crippen MR) is 85.3 cm³/mol. The van der Waals surface area contributed by atoms with Gasteiger partial charge in [-0.15, -0.1) is 0 Å². The van der Waals surface area contributed by atoms with Gasteiger partial charge in [-0.2, -0.15) is 0 Å². The topological polar surface area (TPSA) is 119 Å². The molecule has 0 amide bonds. The summed E-state index contributed by atoms with van der Waals surface area (Å²) in [5.74, 6) is -1.06. The predicted octanol–water partition coefficient (Wildman–Crippen LogP) is 1.21. The number of aliphatic hydroxyl groups is 1. The van der Waals surface area contributed by atoms with E-state index in [-0.39, 0.29) is 4.47 Å². The van der Waals surface area contributed by atoms with Crippen LogP contribution in [0.2, 0.25) is 0 Å². The third kappa shape index (κ3) is 8.46. The highest BCUT2D eigenvalue weighted by Crippen LogP contribution is 2.19. The Kier molecular flexibility index (Phi) is 7.22. The molecule has 0 unspecified atom stereocenters. The van der Waals surface area contributed by atoms with E-state index in [0.717, 1.165) is 6.26 Å². The first kappa shape index (κ1) is 22.6. The Bertz CT molecular complexity index is 556. The Morgan fingerprint density at radius 2 is 1.42 bits per heavy atom. The van der Waals surface area contributed by atoms with Crippen molar-refractivity contribution < 1.29 is 37.4 Å². The molecule has 0 heterocycles. The minimum Gasteiger partial charge on any atom is -0.459 e. The number of nitrogens with zero attached hydrogens (tertiary/aromatic N) is 1. The number of esters is 1. The number of rotatable bonds is 5. The Morgan fingerprint density at radius 1 is 1.00 bits per heavy atom. The summed E-state index contributed by atoms with van der Waals surface area (Å²) in [6.45, 7) is 10.6. The van der Waals surface area contributed by atoms with Crippen LogP contribution >= 0.6 is 0 Å². The monoisotopic (exact) mass is 369 g/mol. The minimum absolute atomic E-state index is 0.0970. The molecule has 0 saturated carbocycles. The molecule has 0 aromatic rings. The molecule has 0 rings (SSSR count). The summed E-state index contributed by atoms with van der Waals surface area (Å²) < 4.78 is 33.9. The van der Waals surface area contributed by atoms with Gasteiger partial charge in [0.2, 0.25) is 10.0 Å². The molecule has 0 fully saturated rings. The Balaban J connectivity index is 5.60. The van der Waals surface area contributed by atoms with E-state index in [9.17, 15) is 23.1 Å². The fourth-order valence-electron chi connectivity index (χ4n) is 1.49. The van der Waals surface area contributed by atoms with Gasteiger partial charge in [-0.25, -0.2) is 13.2 Å². The van der Waals surface area contributed by atoms with Crippen molar-refractivity contribution in [1.29, 1.82) is 0 Å². The lowest BCUT2D eigenvalue weighted by Crippen LogP contribution is -2.53. The average Bonchev–Trinajstić information content (AvgIpc) is 2.20. The van der Waals surface area contributed by atoms with Crippen molar-refractivity contribution in [2.24, 2.45) is 0 Å². The van der Waals surface area contributed by atoms with Crippen molar-refractivity contribution in [2.75, 3.05) is 6.26 Å². The van der Waals surface area contributed by atoms with E-state index in [2.05, 4.69) is 4.84 Å². The number of aliphatic hydroxyl groups excluding tert-OH is 1. The summed E-state index contributed by atoms with van der Waals surface area (Å²) in [6, 6.07) is -1.77. The van der Waals surface area contributed by atoms with Gasteiger partial charge in [0.15, 0.2) is 6.04 Å². The third-order valence-electron chi connectivity index (χ3n) is 2.21. The van der Waals surface area contributed by atoms with Crippen molar-refractivity contribution >= 4 is 22.1 Å². The van der Waals surface area contributed by atoms with E-state index in [4.69, 9.17) is 9.47 Å².